The Balaban J connectivity index is 2.33. The van der Waals surface area contributed by atoms with Crippen LogP contribution in [0.3, 0.4) is 0 Å². The normalized spacial score (nSPS) is 10.4. The maximum Gasteiger partial charge on any atom is 0.238 e. The Morgan fingerprint density at radius 3 is 2.78 bits per heavy atom. The van der Waals surface area contributed by atoms with Gasteiger partial charge in [-0.2, -0.15) is 4.39 Å². The van der Waals surface area contributed by atoms with Gasteiger partial charge in [0.1, 0.15) is 0 Å². The van der Waals surface area contributed by atoms with Crippen LogP contribution in [0, 0.1) is 11.6 Å². The molecule has 0 spiro atoms. The molecule has 1 aromatic heterocycles. The number of hydrogen-bond acceptors (Lipinski definition) is 3. The summed E-state index contributed by atoms with van der Waals surface area (Å²) in [5, 5.41) is 0. The van der Waals surface area contributed by atoms with E-state index in [1.165, 1.54) is 18.5 Å². The minimum absolute atomic E-state index is 0.0459. The van der Waals surface area contributed by atoms with Gasteiger partial charge < -0.3 is 4.74 Å². The van der Waals surface area contributed by atoms with Crippen molar-refractivity contribution in [2.45, 2.75) is 5.88 Å². The standard InChI is InChI=1S/C11H6BrClF2N2O/c12-6-1-8(14)11(15)9(2-6)18-10-5-16-4-7(3-13)17-10/h1-2,4-5H,3H2. The predicted octanol–water partition coefficient (Wildman–Crippen LogP) is 4.05. The third kappa shape index (κ3) is 2.94. The van der Waals surface area contributed by atoms with E-state index in [-0.39, 0.29) is 17.5 Å². The molecule has 18 heavy (non-hydrogen) atoms. The van der Waals surface area contributed by atoms with E-state index in [0.29, 0.717) is 10.2 Å². The van der Waals surface area contributed by atoms with Crippen molar-refractivity contribution in [2.75, 3.05) is 0 Å². The molecule has 3 nitrogen and oxygen atoms in total. The van der Waals surface area contributed by atoms with Crippen molar-refractivity contribution >= 4 is 27.5 Å². The maximum absolute atomic E-state index is 13.5. The minimum Gasteiger partial charge on any atom is -0.434 e. The number of halogens is 4. The quantitative estimate of drug-likeness (QED) is 0.627. The summed E-state index contributed by atoms with van der Waals surface area (Å²) in [5.74, 6) is -2.18. The first-order chi connectivity index (χ1) is 8.60. The van der Waals surface area contributed by atoms with E-state index in [0.717, 1.165) is 6.07 Å². The summed E-state index contributed by atoms with van der Waals surface area (Å²) in [4.78, 5) is 7.79. The van der Waals surface area contributed by atoms with E-state index in [2.05, 4.69) is 25.9 Å². The van der Waals surface area contributed by atoms with Gasteiger partial charge in [-0.3, -0.25) is 4.98 Å². The number of hydrogen-bond donors (Lipinski definition) is 0. The smallest absolute Gasteiger partial charge is 0.238 e. The summed E-state index contributed by atoms with van der Waals surface area (Å²) in [6.45, 7) is 0. The molecule has 0 bridgehead atoms. The first-order valence-corrected chi connectivity index (χ1v) is 6.12. The van der Waals surface area contributed by atoms with Crippen LogP contribution in [-0.2, 0) is 5.88 Å². The molecule has 0 unspecified atom stereocenters. The van der Waals surface area contributed by atoms with Crippen molar-refractivity contribution in [2.24, 2.45) is 0 Å². The van der Waals surface area contributed by atoms with Crippen LogP contribution in [0.15, 0.2) is 29.0 Å². The Bertz CT molecular complexity index is 583. The van der Waals surface area contributed by atoms with Crippen molar-refractivity contribution in [3.63, 3.8) is 0 Å². The average Bonchev–Trinajstić information content (AvgIpc) is 2.35. The lowest BCUT2D eigenvalue weighted by atomic mass is 10.3. The van der Waals surface area contributed by atoms with Crippen LogP contribution >= 0.6 is 27.5 Å². The number of benzene rings is 1. The van der Waals surface area contributed by atoms with Gasteiger partial charge in [0.05, 0.1) is 17.8 Å². The second-order valence-corrected chi connectivity index (χ2v) is 4.47. The van der Waals surface area contributed by atoms with Gasteiger partial charge in [0.25, 0.3) is 0 Å². The van der Waals surface area contributed by atoms with E-state index in [9.17, 15) is 8.78 Å². The van der Waals surface area contributed by atoms with Gasteiger partial charge in [-0.1, -0.05) is 15.9 Å². The lowest BCUT2D eigenvalue weighted by Crippen LogP contribution is -1.96. The Morgan fingerprint density at radius 1 is 1.28 bits per heavy atom. The van der Waals surface area contributed by atoms with Gasteiger partial charge in [-0.25, -0.2) is 9.37 Å². The molecule has 0 saturated heterocycles. The van der Waals surface area contributed by atoms with Gasteiger partial charge in [0.15, 0.2) is 11.6 Å². The lowest BCUT2D eigenvalue weighted by Gasteiger charge is -2.07. The molecule has 0 fully saturated rings. The third-order valence-electron chi connectivity index (χ3n) is 1.97. The molecule has 0 aliphatic heterocycles. The van der Waals surface area contributed by atoms with Gasteiger partial charge in [0.2, 0.25) is 11.7 Å². The zero-order valence-electron chi connectivity index (χ0n) is 8.83. The topological polar surface area (TPSA) is 35.0 Å². The van der Waals surface area contributed by atoms with Crippen LogP contribution in [0.5, 0.6) is 11.6 Å². The Kier molecular flexibility index (Phi) is 4.08. The highest BCUT2D eigenvalue weighted by atomic mass is 79.9. The van der Waals surface area contributed by atoms with Crippen molar-refractivity contribution in [3.05, 3.63) is 46.3 Å². The van der Waals surface area contributed by atoms with Gasteiger partial charge in [-0.05, 0) is 12.1 Å². The SMILES string of the molecule is Fc1cc(Br)cc(Oc2cncc(CCl)n2)c1F. The first-order valence-electron chi connectivity index (χ1n) is 4.79. The van der Waals surface area contributed by atoms with E-state index < -0.39 is 11.6 Å². The second kappa shape index (κ2) is 5.58. The first kappa shape index (κ1) is 13.2. The summed E-state index contributed by atoms with van der Waals surface area (Å²) in [6, 6.07) is 2.30. The highest BCUT2D eigenvalue weighted by Crippen LogP contribution is 2.28. The van der Waals surface area contributed by atoms with Crippen molar-refractivity contribution in [1.29, 1.82) is 0 Å². The summed E-state index contributed by atoms with van der Waals surface area (Å²) in [7, 11) is 0. The highest BCUT2D eigenvalue weighted by molar-refractivity contribution is 9.10. The van der Waals surface area contributed by atoms with Gasteiger partial charge >= 0.3 is 0 Å². The molecule has 1 heterocycles. The van der Waals surface area contributed by atoms with E-state index in [4.69, 9.17) is 16.3 Å². The van der Waals surface area contributed by atoms with Crippen molar-refractivity contribution < 1.29 is 13.5 Å². The Labute approximate surface area is 115 Å². The number of ether oxygens (including phenoxy) is 1. The summed E-state index contributed by atoms with van der Waals surface area (Å²) in [6.07, 6.45) is 2.74. The Hall–Kier alpha value is -1.27. The summed E-state index contributed by atoms with van der Waals surface area (Å²) >= 11 is 8.63. The molecule has 0 aliphatic rings. The van der Waals surface area contributed by atoms with Crippen LogP contribution < -0.4 is 4.74 Å². The molecule has 0 amide bonds. The lowest BCUT2D eigenvalue weighted by molar-refractivity contribution is 0.402. The minimum atomic E-state index is -1.09. The Morgan fingerprint density at radius 2 is 2.06 bits per heavy atom. The van der Waals surface area contributed by atoms with Crippen molar-refractivity contribution in [3.8, 4) is 11.6 Å². The highest BCUT2D eigenvalue weighted by Gasteiger charge is 2.13. The van der Waals surface area contributed by atoms with Crippen LogP contribution in [0.4, 0.5) is 8.78 Å². The maximum atomic E-state index is 13.5. The monoisotopic (exact) mass is 334 g/mol. The molecule has 7 heteroatoms. The molecule has 0 radical (unpaired) electrons. The van der Waals surface area contributed by atoms with Crippen LogP contribution in [0.2, 0.25) is 0 Å². The second-order valence-electron chi connectivity index (χ2n) is 3.28. The zero-order valence-corrected chi connectivity index (χ0v) is 11.2. The molecular weight excluding hydrogens is 329 g/mol. The zero-order chi connectivity index (χ0) is 13.1. The van der Waals surface area contributed by atoms with Crippen LogP contribution in [0.1, 0.15) is 5.69 Å². The molecule has 0 aliphatic carbocycles. The molecule has 0 atom stereocenters. The van der Waals surface area contributed by atoms with Gasteiger partial charge in [0, 0.05) is 10.7 Å². The molecule has 0 N–H and O–H groups in total. The summed E-state index contributed by atoms with van der Waals surface area (Å²) in [5.41, 5.74) is 0.477. The molecule has 1 aromatic carbocycles. The summed E-state index contributed by atoms with van der Waals surface area (Å²) < 4.78 is 32.1. The van der Waals surface area contributed by atoms with Crippen LogP contribution in [-0.4, -0.2) is 9.97 Å². The molecule has 94 valence electrons. The number of rotatable bonds is 3. The fraction of sp³-hybridized carbons (Fsp3) is 0.0909. The van der Waals surface area contributed by atoms with Crippen LogP contribution in [0.25, 0.3) is 0 Å². The van der Waals surface area contributed by atoms with E-state index >= 15 is 0 Å². The van der Waals surface area contributed by atoms with E-state index in [1.54, 1.807) is 0 Å². The number of aromatic nitrogens is 2. The molecule has 2 aromatic rings. The fourth-order valence-electron chi connectivity index (χ4n) is 1.22. The largest absolute Gasteiger partial charge is 0.434 e. The van der Waals surface area contributed by atoms with Gasteiger partial charge in [-0.15, -0.1) is 11.6 Å². The molecule has 0 saturated carbocycles. The average molecular weight is 336 g/mol. The fourth-order valence-corrected chi connectivity index (χ4v) is 1.76. The third-order valence-corrected chi connectivity index (χ3v) is 2.71. The number of nitrogens with zero attached hydrogens (tertiary/aromatic N) is 2. The molecular formula is C11H6BrClF2N2O. The predicted molar refractivity (Wildman–Crippen MR) is 65.7 cm³/mol. The molecule has 2 rings (SSSR count). The number of alkyl halides is 1. The van der Waals surface area contributed by atoms with Crippen molar-refractivity contribution in [1.82, 2.24) is 9.97 Å². The van der Waals surface area contributed by atoms with E-state index in [1.807, 2.05) is 0 Å².